The molecule has 3 nitrogen and oxygen atoms in total. The number of pyridine rings is 1. The molecule has 78 valence electrons. The van der Waals surface area contributed by atoms with Gasteiger partial charge in [0.1, 0.15) is 5.82 Å². The van der Waals surface area contributed by atoms with E-state index < -0.39 is 0 Å². The number of hydrogen-bond acceptors (Lipinski definition) is 3. The van der Waals surface area contributed by atoms with E-state index in [0.29, 0.717) is 12.6 Å². The van der Waals surface area contributed by atoms with Crippen molar-refractivity contribution in [1.29, 1.82) is 0 Å². The highest BCUT2D eigenvalue weighted by molar-refractivity contribution is 5.36. The molecule has 1 atom stereocenters. The molecule has 0 aliphatic rings. The van der Waals surface area contributed by atoms with Crippen molar-refractivity contribution in [3.05, 3.63) is 23.9 Å². The molecule has 0 aliphatic carbocycles. The number of nitrogens with zero attached hydrogens (tertiary/aromatic N) is 1. The molecule has 1 aromatic heterocycles. The van der Waals surface area contributed by atoms with Crippen molar-refractivity contribution >= 4 is 5.82 Å². The Bertz CT molecular complexity index is 276. The Balaban J connectivity index is 2.57. The van der Waals surface area contributed by atoms with Gasteiger partial charge in [0.25, 0.3) is 0 Å². The van der Waals surface area contributed by atoms with Crippen LogP contribution in [0.3, 0.4) is 0 Å². The van der Waals surface area contributed by atoms with Crippen molar-refractivity contribution in [2.24, 2.45) is 0 Å². The van der Waals surface area contributed by atoms with Crippen molar-refractivity contribution in [2.75, 3.05) is 19.0 Å². The van der Waals surface area contributed by atoms with Gasteiger partial charge >= 0.3 is 0 Å². The SMILES string of the molecule is CCC(COC)Nc1cccc(C)n1. The van der Waals surface area contributed by atoms with Crippen LogP contribution in [0.2, 0.25) is 0 Å². The summed E-state index contributed by atoms with van der Waals surface area (Å²) in [6, 6.07) is 6.31. The Hall–Kier alpha value is -1.09. The zero-order chi connectivity index (χ0) is 10.4. The monoisotopic (exact) mass is 194 g/mol. The third-order valence-corrected chi connectivity index (χ3v) is 2.10. The van der Waals surface area contributed by atoms with Gasteiger partial charge in [0, 0.05) is 12.8 Å². The van der Waals surface area contributed by atoms with Crippen LogP contribution in [-0.2, 0) is 4.74 Å². The second-order valence-corrected chi connectivity index (χ2v) is 3.37. The molecule has 0 saturated carbocycles. The number of rotatable bonds is 5. The first kappa shape index (κ1) is 11.0. The number of methoxy groups -OCH3 is 1. The lowest BCUT2D eigenvalue weighted by atomic mass is 10.2. The summed E-state index contributed by atoms with van der Waals surface area (Å²) < 4.78 is 5.11. The molecule has 0 saturated heterocycles. The highest BCUT2D eigenvalue weighted by Crippen LogP contribution is 2.07. The molecule has 1 N–H and O–H groups in total. The van der Waals surface area contributed by atoms with Crippen LogP contribution >= 0.6 is 0 Å². The number of ether oxygens (including phenoxy) is 1. The standard InChI is InChI=1S/C11H18N2O/c1-4-10(8-14-3)13-11-7-5-6-9(2)12-11/h5-7,10H,4,8H2,1-3H3,(H,12,13). The summed E-state index contributed by atoms with van der Waals surface area (Å²) in [5, 5.41) is 3.33. The van der Waals surface area contributed by atoms with E-state index in [1.807, 2.05) is 25.1 Å². The molecule has 3 heteroatoms. The summed E-state index contributed by atoms with van der Waals surface area (Å²) in [7, 11) is 1.72. The predicted octanol–water partition coefficient (Wildman–Crippen LogP) is 2.23. The lowest BCUT2D eigenvalue weighted by molar-refractivity contribution is 0.184. The van der Waals surface area contributed by atoms with Gasteiger partial charge in [-0.1, -0.05) is 13.0 Å². The molecule has 1 rings (SSSR count). The molecule has 14 heavy (non-hydrogen) atoms. The highest BCUT2D eigenvalue weighted by Gasteiger charge is 2.05. The highest BCUT2D eigenvalue weighted by atomic mass is 16.5. The molecule has 0 aliphatic heterocycles. The summed E-state index contributed by atoms with van der Waals surface area (Å²) in [4.78, 5) is 4.38. The third kappa shape index (κ3) is 3.34. The first-order valence-electron chi connectivity index (χ1n) is 4.95. The van der Waals surface area contributed by atoms with Gasteiger partial charge in [-0.05, 0) is 25.5 Å². The summed E-state index contributed by atoms with van der Waals surface area (Å²) in [6.07, 6.45) is 1.03. The van der Waals surface area contributed by atoms with Crippen LogP contribution in [0.5, 0.6) is 0 Å². The summed E-state index contributed by atoms with van der Waals surface area (Å²) in [6.45, 7) is 4.83. The molecule has 1 unspecified atom stereocenters. The van der Waals surface area contributed by atoms with E-state index in [2.05, 4.69) is 17.2 Å². The topological polar surface area (TPSA) is 34.1 Å². The van der Waals surface area contributed by atoms with Crippen LogP contribution in [0.4, 0.5) is 5.82 Å². The smallest absolute Gasteiger partial charge is 0.126 e. The lowest BCUT2D eigenvalue weighted by Crippen LogP contribution is -2.24. The second-order valence-electron chi connectivity index (χ2n) is 3.37. The molecule has 0 spiro atoms. The normalized spacial score (nSPS) is 12.5. The maximum absolute atomic E-state index is 5.11. The van der Waals surface area contributed by atoms with Crippen LogP contribution in [0.1, 0.15) is 19.0 Å². The van der Waals surface area contributed by atoms with E-state index in [1.165, 1.54) is 0 Å². The third-order valence-electron chi connectivity index (χ3n) is 2.10. The average Bonchev–Trinajstić information content (AvgIpc) is 2.17. The first-order valence-corrected chi connectivity index (χ1v) is 4.95. The van der Waals surface area contributed by atoms with Gasteiger partial charge in [-0.3, -0.25) is 0 Å². The molecule has 0 amide bonds. The Kier molecular flexibility index (Phi) is 4.40. The van der Waals surface area contributed by atoms with E-state index in [1.54, 1.807) is 7.11 Å². The molecule has 1 aromatic rings. The number of hydrogen-bond donors (Lipinski definition) is 1. The van der Waals surface area contributed by atoms with E-state index >= 15 is 0 Å². The van der Waals surface area contributed by atoms with Crippen molar-refractivity contribution in [3.8, 4) is 0 Å². The molecule has 0 fully saturated rings. The van der Waals surface area contributed by atoms with Crippen LogP contribution in [0.25, 0.3) is 0 Å². The van der Waals surface area contributed by atoms with Crippen molar-refractivity contribution in [3.63, 3.8) is 0 Å². The van der Waals surface area contributed by atoms with Crippen molar-refractivity contribution < 1.29 is 4.74 Å². The van der Waals surface area contributed by atoms with Crippen LogP contribution in [0, 0.1) is 6.92 Å². The fourth-order valence-corrected chi connectivity index (χ4v) is 1.30. The van der Waals surface area contributed by atoms with E-state index in [-0.39, 0.29) is 0 Å². The first-order chi connectivity index (χ1) is 6.76. The van der Waals surface area contributed by atoms with Gasteiger partial charge in [0.2, 0.25) is 0 Å². The Morgan fingerprint density at radius 2 is 2.29 bits per heavy atom. The Morgan fingerprint density at radius 3 is 2.86 bits per heavy atom. The van der Waals surface area contributed by atoms with Gasteiger partial charge in [-0.15, -0.1) is 0 Å². The van der Waals surface area contributed by atoms with E-state index in [0.717, 1.165) is 17.9 Å². The predicted molar refractivity (Wildman–Crippen MR) is 58.6 cm³/mol. The van der Waals surface area contributed by atoms with Gasteiger partial charge < -0.3 is 10.1 Å². The van der Waals surface area contributed by atoms with E-state index in [4.69, 9.17) is 4.74 Å². The summed E-state index contributed by atoms with van der Waals surface area (Å²) in [5.41, 5.74) is 1.03. The van der Waals surface area contributed by atoms with Gasteiger partial charge in [-0.2, -0.15) is 0 Å². The van der Waals surface area contributed by atoms with Gasteiger partial charge in [0.15, 0.2) is 0 Å². The maximum atomic E-state index is 5.11. The number of nitrogens with one attached hydrogen (secondary N) is 1. The Morgan fingerprint density at radius 1 is 1.50 bits per heavy atom. The number of aryl methyl sites for hydroxylation is 1. The largest absolute Gasteiger partial charge is 0.383 e. The molecule has 0 radical (unpaired) electrons. The lowest BCUT2D eigenvalue weighted by Gasteiger charge is -2.16. The zero-order valence-corrected chi connectivity index (χ0v) is 9.08. The number of aromatic nitrogens is 1. The fraction of sp³-hybridized carbons (Fsp3) is 0.545. The summed E-state index contributed by atoms with van der Waals surface area (Å²) >= 11 is 0. The summed E-state index contributed by atoms with van der Waals surface area (Å²) in [5.74, 6) is 0.925. The minimum absolute atomic E-state index is 0.342. The van der Waals surface area contributed by atoms with Crippen molar-refractivity contribution in [1.82, 2.24) is 4.98 Å². The molecule has 0 aromatic carbocycles. The van der Waals surface area contributed by atoms with Crippen molar-refractivity contribution in [2.45, 2.75) is 26.3 Å². The quantitative estimate of drug-likeness (QED) is 0.780. The van der Waals surface area contributed by atoms with Gasteiger partial charge in [-0.25, -0.2) is 4.98 Å². The van der Waals surface area contributed by atoms with Gasteiger partial charge in [0.05, 0.1) is 12.6 Å². The number of anilines is 1. The minimum Gasteiger partial charge on any atom is -0.383 e. The molecule has 1 heterocycles. The average molecular weight is 194 g/mol. The molecular weight excluding hydrogens is 176 g/mol. The fourth-order valence-electron chi connectivity index (χ4n) is 1.30. The minimum atomic E-state index is 0.342. The van der Waals surface area contributed by atoms with Crippen LogP contribution in [0.15, 0.2) is 18.2 Å². The second kappa shape index (κ2) is 5.60. The molecular formula is C11H18N2O. The maximum Gasteiger partial charge on any atom is 0.126 e. The Labute approximate surface area is 85.5 Å². The van der Waals surface area contributed by atoms with E-state index in [9.17, 15) is 0 Å². The molecule has 0 bridgehead atoms. The van der Waals surface area contributed by atoms with Crippen LogP contribution < -0.4 is 5.32 Å². The zero-order valence-electron chi connectivity index (χ0n) is 9.08. The van der Waals surface area contributed by atoms with Crippen LogP contribution in [-0.4, -0.2) is 24.7 Å².